The van der Waals surface area contributed by atoms with Crippen molar-refractivity contribution in [1.82, 2.24) is 30.1 Å². The zero-order valence-electron chi connectivity index (χ0n) is 21.5. The number of amides is 1. The van der Waals surface area contributed by atoms with Crippen molar-refractivity contribution in [2.45, 2.75) is 19.3 Å². The van der Waals surface area contributed by atoms with Gasteiger partial charge in [-0.2, -0.15) is 5.10 Å². The molecule has 1 fully saturated rings. The van der Waals surface area contributed by atoms with Crippen LogP contribution in [-0.4, -0.2) is 43.2 Å². The van der Waals surface area contributed by atoms with E-state index in [9.17, 15) is 9.18 Å². The topological polar surface area (TPSA) is 121 Å². The smallest absolute Gasteiger partial charge is 0.227 e. The van der Waals surface area contributed by atoms with E-state index in [0.717, 1.165) is 41.4 Å². The number of carbonyl (C=O) groups excluding carboxylic acids is 1. The molecule has 10 heteroatoms. The molecule has 0 radical (unpaired) electrons. The third-order valence-electron chi connectivity index (χ3n) is 7.34. The Morgan fingerprint density at radius 2 is 1.90 bits per heavy atom. The minimum atomic E-state index is -0.390. The van der Waals surface area contributed by atoms with Crippen molar-refractivity contribution in [3.8, 4) is 39.7 Å². The predicted octanol–water partition coefficient (Wildman–Crippen LogP) is 6.12. The lowest BCUT2D eigenvalue weighted by Gasteiger charge is -2.24. The summed E-state index contributed by atoms with van der Waals surface area (Å²) in [6.45, 7) is 0. The van der Waals surface area contributed by atoms with Gasteiger partial charge in [-0.1, -0.05) is 18.6 Å². The van der Waals surface area contributed by atoms with Crippen LogP contribution in [-0.2, 0) is 4.79 Å². The van der Waals surface area contributed by atoms with Crippen molar-refractivity contribution in [3.63, 3.8) is 0 Å². The standard InChI is InChI=1S/C30H24FN7O2/c1-40-21-12-17(10-19(31)13-21)22-6-3-7-24-26(22)36-29(35-24)28-27-25(37-38-28)9-8-23(34-27)18-11-20(15-32-14-18)33-30(39)16-4-2-5-16/h3,6-16H,2,4-5H2,1H3,(H,33,39)(H,35,36)(H,37,38). The van der Waals surface area contributed by atoms with E-state index in [-0.39, 0.29) is 11.8 Å². The maximum Gasteiger partial charge on any atom is 0.227 e. The Labute approximate surface area is 227 Å². The average molecular weight is 534 g/mol. The van der Waals surface area contributed by atoms with Gasteiger partial charge in [-0.25, -0.2) is 14.4 Å². The Morgan fingerprint density at radius 3 is 2.73 bits per heavy atom. The SMILES string of the molecule is COc1cc(F)cc(-c2cccc3[nH]c(-c4n[nH]c5ccc(-c6cncc(NC(=O)C7CCC7)c6)nc45)nc23)c1. The minimum absolute atomic E-state index is 0.0340. The predicted molar refractivity (Wildman–Crippen MR) is 150 cm³/mol. The van der Waals surface area contributed by atoms with E-state index in [1.54, 1.807) is 18.5 Å². The summed E-state index contributed by atoms with van der Waals surface area (Å²) in [7, 11) is 1.51. The van der Waals surface area contributed by atoms with Crippen molar-refractivity contribution >= 4 is 33.7 Å². The number of nitrogens with zero attached hydrogens (tertiary/aromatic N) is 4. The van der Waals surface area contributed by atoms with Crippen LogP contribution in [0.5, 0.6) is 5.75 Å². The summed E-state index contributed by atoms with van der Waals surface area (Å²) in [5, 5.41) is 10.5. The number of benzene rings is 2. The maximum absolute atomic E-state index is 14.3. The molecule has 4 aromatic heterocycles. The number of halogens is 1. The molecule has 9 nitrogen and oxygen atoms in total. The van der Waals surface area contributed by atoms with E-state index >= 15 is 0 Å². The molecule has 3 N–H and O–H groups in total. The first-order valence-corrected chi connectivity index (χ1v) is 13.0. The van der Waals surface area contributed by atoms with E-state index in [0.29, 0.717) is 45.2 Å². The lowest BCUT2D eigenvalue weighted by molar-refractivity contribution is -0.122. The number of carbonyl (C=O) groups is 1. The van der Waals surface area contributed by atoms with Crippen LogP contribution >= 0.6 is 0 Å². The van der Waals surface area contributed by atoms with Gasteiger partial charge in [-0.15, -0.1) is 0 Å². The van der Waals surface area contributed by atoms with Gasteiger partial charge in [0, 0.05) is 29.3 Å². The second kappa shape index (κ2) is 9.57. The quantitative estimate of drug-likeness (QED) is 0.237. The van der Waals surface area contributed by atoms with Crippen molar-refractivity contribution < 1.29 is 13.9 Å². The first-order chi connectivity index (χ1) is 19.6. The van der Waals surface area contributed by atoms with Gasteiger partial charge in [0.15, 0.2) is 11.5 Å². The number of imidazole rings is 1. The largest absolute Gasteiger partial charge is 0.497 e. The number of ether oxygens (including phenoxy) is 1. The molecule has 7 rings (SSSR count). The van der Waals surface area contributed by atoms with Gasteiger partial charge < -0.3 is 15.0 Å². The highest BCUT2D eigenvalue weighted by molar-refractivity contribution is 5.97. The molecule has 198 valence electrons. The molecular weight excluding hydrogens is 509 g/mol. The first-order valence-electron chi connectivity index (χ1n) is 13.0. The van der Waals surface area contributed by atoms with Crippen LogP contribution in [0.4, 0.5) is 10.1 Å². The van der Waals surface area contributed by atoms with Crippen molar-refractivity contribution in [2.24, 2.45) is 5.92 Å². The molecule has 0 saturated heterocycles. The molecule has 0 bridgehead atoms. The molecule has 0 unspecified atom stereocenters. The molecule has 4 heterocycles. The lowest BCUT2D eigenvalue weighted by atomic mass is 9.85. The number of para-hydroxylation sites is 1. The Hall–Kier alpha value is -5.12. The fourth-order valence-electron chi connectivity index (χ4n) is 5.00. The Morgan fingerprint density at radius 1 is 1.00 bits per heavy atom. The van der Waals surface area contributed by atoms with E-state index in [1.807, 2.05) is 36.4 Å². The second-order valence-corrected chi connectivity index (χ2v) is 9.91. The van der Waals surface area contributed by atoms with Gasteiger partial charge in [0.25, 0.3) is 0 Å². The maximum atomic E-state index is 14.3. The number of H-pyrrole nitrogens is 2. The zero-order chi connectivity index (χ0) is 27.2. The number of hydrogen-bond donors (Lipinski definition) is 3. The number of methoxy groups -OCH3 is 1. The van der Waals surface area contributed by atoms with E-state index in [2.05, 4.69) is 25.5 Å². The highest BCUT2D eigenvalue weighted by atomic mass is 19.1. The molecule has 1 saturated carbocycles. The number of fused-ring (bicyclic) bond motifs is 2. The molecular formula is C30H24FN7O2. The Kier molecular flexibility index (Phi) is 5.73. The number of rotatable bonds is 6. The van der Waals surface area contributed by atoms with Crippen LogP contribution in [0.3, 0.4) is 0 Å². The molecule has 0 aliphatic heterocycles. The van der Waals surface area contributed by atoms with Gasteiger partial charge in [-0.05, 0) is 54.8 Å². The number of aromatic nitrogens is 6. The summed E-state index contributed by atoms with van der Waals surface area (Å²) in [6.07, 6.45) is 6.31. The summed E-state index contributed by atoms with van der Waals surface area (Å²) < 4.78 is 19.5. The number of hydrogen-bond acceptors (Lipinski definition) is 6. The van der Waals surface area contributed by atoms with Crippen LogP contribution in [0.1, 0.15) is 19.3 Å². The summed E-state index contributed by atoms with van der Waals surface area (Å²) >= 11 is 0. The summed E-state index contributed by atoms with van der Waals surface area (Å²) in [5.74, 6) is 0.684. The van der Waals surface area contributed by atoms with Gasteiger partial charge in [0.1, 0.15) is 17.1 Å². The molecule has 0 atom stereocenters. The molecule has 1 aliphatic rings. The second-order valence-electron chi connectivity index (χ2n) is 9.91. The Balaban J connectivity index is 1.26. The molecule has 2 aromatic carbocycles. The van der Waals surface area contributed by atoms with Crippen molar-refractivity contribution in [3.05, 3.63) is 72.8 Å². The normalized spacial score (nSPS) is 13.4. The third kappa shape index (κ3) is 4.23. The van der Waals surface area contributed by atoms with Gasteiger partial charge in [-0.3, -0.25) is 14.9 Å². The fraction of sp³-hybridized carbons (Fsp3) is 0.167. The minimum Gasteiger partial charge on any atom is -0.497 e. The highest BCUT2D eigenvalue weighted by Gasteiger charge is 2.25. The van der Waals surface area contributed by atoms with E-state index in [1.165, 1.54) is 19.2 Å². The summed E-state index contributed by atoms with van der Waals surface area (Å²) in [6, 6.07) is 15.9. The monoisotopic (exact) mass is 533 g/mol. The number of anilines is 1. The summed E-state index contributed by atoms with van der Waals surface area (Å²) in [5.41, 5.74) is 6.91. The molecule has 40 heavy (non-hydrogen) atoms. The first kappa shape index (κ1) is 24.0. The zero-order valence-corrected chi connectivity index (χ0v) is 21.5. The number of aromatic amines is 2. The van der Waals surface area contributed by atoms with Crippen LogP contribution in [0.25, 0.3) is 56.0 Å². The van der Waals surface area contributed by atoms with Crippen LogP contribution in [0.2, 0.25) is 0 Å². The number of nitrogens with one attached hydrogen (secondary N) is 3. The number of pyridine rings is 2. The van der Waals surface area contributed by atoms with Crippen molar-refractivity contribution in [2.75, 3.05) is 12.4 Å². The third-order valence-corrected chi connectivity index (χ3v) is 7.34. The Bertz CT molecular complexity index is 1910. The van der Waals surface area contributed by atoms with Crippen LogP contribution in [0.15, 0.2) is 67.0 Å². The molecule has 1 amide bonds. The van der Waals surface area contributed by atoms with Crippen LogP contribution in [0, 0.1) is 11.7 Å². The van der Waals surface area contributed by atoms with Gasteiger partial charge >= 0.3 is 0 Å². The summed E-state index contributed by atoms with van der Waals surface area (Å²) in [4.78, 5) is 29.8. The van der Waals surface area contributed by atoms with Gasteiger partial charge in [0.05, 0.1) is 41.2 Å². The average Bonchev–Trinajstić information content (AvgIpc) is 3.55. The van der Waals surface area contributed by atoms with Crippen molar-refractivity contribution in [1.29, 1.82) is 0 Å². The lowest BCUT2D eigenvalue weighted by Crippen LogP contribution is -2.28. The highest BCUT2D eigenvalue weighted by Crippen LogP contribution is 2.34. The molecule has 1 aliphatic carbocycles. The molecule has 6 aromatic rings. The van der Waals surface area contributed by atoms with E-state index < -0.39 is 5.82 Å². The molecule has 0 spiro atoms. The fourth-order valence-corrected chi connectivity index (χ4v) is 5.00. The van der Waals surface area contributed by atoms with Gasteiger partial charge in [0.2, 0.25) is 5.91 Å². The van der Waals surface area contributed by atoms with E-state index in [4.69, 9.17) is 14.7 Å². The van der Waals surface area contributed by atoms with Crippen LogP contribution < -0.4 is 10.1 Å².